The number of rotatable bonds is 0. The van der Waals surface area contributed by atoms with Gasteiger partial charge in [-0.15, -0.1) is 5.10 Å². The fourth-order valence-electron chi connectivity index (χ4n) is 0.788. The fourth-order valence-corrected chi connectivity index (χ4v) is 0.788. The molecule has 2 rings (SSSR count). The van der Waals surface area contributed by atoms with E-state index >= 15 is 0 Å². The minimum absolute atomic E-state index is 0. The first-order chi connectivity index (χ1) is 4.47. The van der Waals surface area contributed by atoms with Crippen molar-refractivity contribution in [1.29, 1.82) is 0 Å². The van der Waals surface area contributed by atoms with Gasteiger partial charge in [-0.2, -0.15) is 0 Å². The van der Waals surface area contributed by atoms with Gasteiger partial charge in [-0.25, -0.2) is 0 Å². The fraction of sp³-hybridized carbons (Fsp3) is 0. The predicted molar refractivity (Wildman–Crippen MR) is 35.8 cm³/mol. The average molecular weight is 159 g/mol. The summed E-state index contributed by atoms with van der Waals surface area (Å²) in [5.41, 5.74) is 1.90. The van der Waals surface area contributed by atoms with Gasteiger partial charge in [0.05, 0.1) is 5.52 Å². The maximum atomic E-state index is 3.81. The van der Waals surface area contributed by atoms with E-state index in [2.05, 4.69) is 15.4 Å². The number of aromatic amines is 1. The zero-order valence-corrected chi connectivity index (χ0v) is 8.15. The molecule has 0 atom stereocenters. The van der Waals surface area contributed by atoms with Crippen molar-refractivity contribution < 1.29 is 35.0 Å². The molecule has 2 N–H and O–H groups in total. The third-order valence-corrected chi connectivity index (χ3v) is 1.23. The molecule has 2 aromatic rings. The van der Waals surface area contributed by atoms with Crippen LogP contribution in [0.25, 0.3) is 11.0 Å². The summed E-state index contributed by atoms with van der Waals surface area (Å²) in [6.07, 6.45) is 0. The third-order valence-electron chi connectivity index (χ3n) is 1.23. The maximum Gasteiger partial charge on any atom is 1.00 e. The van der Waals surface area contributed by atoms with Gasteiger partial charge < -0.3 is 5.48 Å². The van der Waals surface area contributed by atoms with Crippen LogP contribution in [0.3, 0.4) is 0 Å². The molecule has 1 aromatic heterocycles. The molecule has 5 heteroatoms. The van der Waals surface area contributed by atoms with Crippen LogP contribution >= 0.6 is 0 Å². The van der Waals surface area contributed by atoms with Crippen LogP contribution in [0.5, 0.6) is 0 Å². The Hall–Kier alpha value is -0.420. The zero-order valence-electron chi connectivity index (χ0n) is 6.15. The first kappa shape index (κ1) is 10.6. The zero-order chi connectivity index (χ0) is 6.10. The molecule has 0 unspecified atom stereocenters. The predicted octanol–water partition coefficient (Wildman–Crippen LogP) is -2.21. The molecule has 1 heterocycles. The summed E-state index contributed by atoms with van der Waals surface area (Å²) >= 11 is 0. The number of H-pyrrole nitrogens is 1. The third kappa shape index (κ3) is 2.00. The molecule has 0 aliphatic rings. The van der Waals surface area contributed by atoms with Crippen LogP contribution in [0.1, 0.15) is 0 Å². The smallest absolute Gasteiger partial charge is 0.870 e. The summed E-state index contributed by atoms with van der Waals surface area (Å²) in [5, 5.41) is 10.2. The molecule has 4 nitrogen and oxygen atoms in total. The second-order valence-corrected chi connectivity index (χ2v) is 1.83. The summed E-state index contributed by atoms with van der Waals surface area (Å²) in [6, 6.07) is 7.74. The van der Waals surface area contributed by atoms with Crippen molar-refractivity contribution in [3.63, 3.8) is 0 Å². The standard InChI is InChI=1S/C6H5N3.Na.H2O/c1-2-4-6-5(3-1)7-9-8-6;;/h1-4H,(H,7,8,9);;1H2/q;+1;/p-1. The van der Waals surface area contributed by atoms with Crippen molar-refractivity contribution in [3.8, 4) is 0 Å². The monoisotopic (exact) mass is 159 g/mol. The first-order valence-corrected chi connectivity index (χ1v) is 2.72. The van der Waals surface area contributed by atoms with Crippen LogP contribution in [0.15, 0.2) is 24.3 Å². The molecule has 0 aliphatic heterocycles. The van der Waals surface area contributed by atoms with Crippen LogP contribution in [0.2, 0.25) is 0 Å². The number of nitrogens with one attached hydrogen (secondary N) is 1. The Morgan fingerprint density at radius 1 is 1.18 bits per heavy atom. The van der Waals surface area contributed by atoms with Crippen LogP contribution in [0.4, 0.5) is 0 Å². The van der Waals surface area contributed by atoms with Gasteiger partial charge in [0.1, 0.15) is 5.52 Å². The molecular formula is C6H6N3NaO. The van der Waals surface area contributed by atoms with Gasteiger partial charge in [0.2, 0.25) is 0 Å². The molecular weight excluding hydrogens is 153 g/mol. The van der Waals surface area contributed by atoms with E-state index in [9.17, 15) is 0 Å². The Kier molecular flexibility index (Phi) is 4.29. The minimum atomic E-state index is 0. The molecule has 0 saturated heterocycles. The van der Waals surface area contributed by atoms with E-state index in [4.69, 9.17) is 0 Å². The summed E-state index contributed by atoms with van der Waals surface area (Å²) in [5.74, 6) is 0. The van der Waals surface area contributed by atoms with Gasteiger partial charge in [-0.05, 0) is 12.1 Å². The van der Waals surface area contributed by atoms with Gasteiger partial charge in [-0.3, -0.25) is 5.10 Å². The number of para-hydroxylation sites is 1. The van der Waals surface area contributed by atoms with Crippen molar-refractivity contribution in [3.05, 3.63) is 24.3 Å². The van der Waals surface area contributed by atoms with E-state index in [1.54, 1.807) is 0 Å². The van der Waals surface area contributed by atoms with E-state index in [-0.39, 0.29) is 35.0 Å². The number of hydrogen-bond donors (Lipinski definition) is 1. The summed E-state index contributed by atoms with van der Waals surface area (Å²) in [6.45, 7) is 0. The minimum Gasteiger partial charge on any atom is -0.870 e. The van der Waals surface area contributed by atoms with Crippen LogP contribution < -0.4 is 29.6 Å². The van der Waals surface area contributed by atoms with Crippen molar-refractivity contribution >= 4 is 11.0 Å². The Balaban J connectivity index is 0.000000500. The van der Waals surface area contributed by atoms with Gasteiger partial charge in [0.25, 0.3) is 0 Å². The Morgan fingerprint density at radius 3 is 2.64 bits per heavy atom. The summed E-state index contributed by atoms with van der Waals surface area (Å²) < 4.78 is 0. The topological polar surface area (TPSA) is 71.6 Å². The molecule has 0 fully saturated rings. The largest absolute Gasteiger partial charge is 1.00 e. The molecule has 0 bridgehead atoms. The summed E-state index contributed by atoms with van der Waals surface area (Å²) in [4.78, 5) is 0. The van der Waals surface area contributed by atoms with Gasteiger partial charge >= 0.3 is 29.6 Å². The molecule has 0 saturated carbocycles. The SMILES string of the molecule is [Na+].[OH-].c1ccc2[nH]nnc2c1. The van der Waals surface area contributed by atoms with Gasteiger partial charge in [0, 0.05) is 0 Å². The summed E-state index contributed by atoms with van der Waals surface area (Å²) in [7, 11) is 0. The van der Waals surface area contributed by atoms with Crippen molar-refractivity contribution in [2.24, 2.45) is 0 Å². The molecule has 0 aliphatic carbocycles. The van der Waals surface area contributed by atoms with E-state index in [1.807, 2.05) is 24.3 Å². The Labute approximate surface area is 85.6 Å². The van der Waals surface area contributed by atoms with Crippen LogP contribution in [-0.2, 0) is 0 Å². The van der Waals surface area contributed by atoms with Crippen LogP contribution in [-0.4, -0.2) is 20.9 Å². The number of fused-ring (bicyclic) bond motifs is 1. The second-order valence-electron chi connectivity index (χ2n) is 1.83. The van der Waals surface area contributed by atoms with Crippen molar-refractivity contribution in [2.45, 2.75) is 0 Å². The molecule has 52 valence electrons. The number of benzene rings is 1. The number of nitrogens with zero attached hydrogens (tertiary/aromatic N) is 2. The Morgan fingerprint density at radius 2 is 1.91 bits per heavy atom. The molecule has 11 heavy (non-hydrogen) atoms. The van der Waals surface area contributed by atoms with E-state index in [1.165, 1.54) is 0 Å². The van der Waals surface area contributed by atoms with Gasteiger partial charge in [0.15, 0.2) is 0 Å². The van der Waals surface area contributed by atoms with E-state index < -0.39 is 0 Å². The quantitative estimate of drug-likeness (QED) is 0.443. The van der Waals surface area contributed by atoms with E-state index in [0.717, 1.165) is 11.0 Å². The van der Waals surface area contributed by atoms with Crippen molar-refractivity contribution in [2.75, 3.05) is 0 Å². The molecule has 1 aromatic carbocycles. The second kappa shape index (κ2) is 4.46. The molecule has 0 amide bonds. The number of aromatic nitrogens is 3. The Bertz CT molecular complexity index is 292. The van der Waals surface area contributed by atoms with Crippen molar-refractivity contribution in [1.82, 2.24) is 15.4 Å². The molecule has 0 spiro atoms. The first-order valence-electron chi connectivity index (χ1n) is 2.72. The van der Waals surface area contributed by atoms with E-state index in [0.29, 0.717) is 0 Å². The normalized spacial score (nSPS) is 8.36. The molecule has 0 radical (unpaired) electrons. The van der Waals surface area contributed by atoms with Crippen LogP contribution in [0, 0.1) is 0 Å². The van der Waals surface area contributed by atoms with Gasteiger partial charge in [-0.1, -0.05) is 17.3 Å². The maximum absolute atomic E-state index is 3.81. The average Bonchev–Trinajstić information content (AvgIpc) is 2.33. The number of hydrogen-bond acceptors (Lipinski definition) is 3.